The molecule has 0 bridgehead atoms. The van der Waals surface area contributed by atoms with Gasteiger partial charge in [0.2, 0.25) is 0 Å². The second-order valence-corrected chi connectivity index (χ2v) is 6.17. The summed E-state index contributed by atoms with van der Waals surface area (Å²) in [6.45, 7) is 6.18. The van der Waals surface area contributed by atoms with Gasteiger partial charge in [-0.2, -0.15) is 18.4 Å². The summed E-state index contributed by atoms with van der Waals surface area (Å²) in [5, 5.41) is 21.5. The Morgan fingerprint density at radius 3 is 2.38 bits per heavy atom. The third kappa shape index (κ3) is 5.64. The number of benzene rings is 1. The molecule has 0 heterocycles. The van der Waals surface area contributed by atoms with Crippen molar-refractivity contribution < 1.29 is 18.3 Å². The van der Waals surface area contributed by atoms with Gasteiger partial charge in [-0.1, -0.05) is 20.8 Å². The molecule has 0 spiro atoms. The summed E-state index contributed by atoms with van der Waals surface area (Å²) in [6, 6.07) is 4.82. The van der Waals surface area contributed by atoms with Crippen LogP contribution in [0.2, 0.25) is 0 Å². The van der Waals surface area contributed by atoms with E-state index < -0.39 is 23.4 Å². The van der Waals surface area contributed by atoms with Gasteiger partial charge in [0, 0.05) is 12.2 Å². The number of alkyl halides is 3. The van der Waals surface area contributed by atoms with Crippen molar-refractivity contribution in [1.29, 1.82) is 5.26 Å². The fourth-order valence-electron chi connectivity index (χ4n) is 2.01. The summed E-state index contributed by atoms with van der Waals surface area (Å²) in [5.41, 5.74) is -1.05. The largest absolute Gasteiger partial charge is 0.417 e. The third-order valence-electron chi connectivity index (χ3n) is 2.84. The molecule has 21 heavy (non-hydrogen) atoms. The summed E-state index contributed by atoms with van der Waals surface area (Å²) in [7, 11) is 0. The van der Waals surface area contributed by atoms with Crippen molar-refractivity contribution in [2.75, 3.05) is 11.9 Å². The predicted octanol–water partition coefficient (Wildman–Crippen LogP) is 3.79. The first-order valence-electron chi connectivity index (χ1n) is 6.56. The Kier molecular flexibility index (Phi) is 5.24. The highest BCUT2D eigenvalue weighted by molar-refractivity contribution is 5.53. The van der Waals surface area contributed by atoms with Crippen molar-refractivity contribution in [2.24, 2.45) is 5.41 Å². The molecule has 0 aliphatic carbocycles. The van der Waals surface area contributed by atoms with Gasteiger partial charge in [0.1, 0.15) is 0 Å². The van der Waals surface area contributed by atoms with Crippen molar-refractivity contribution >= 4 is 5.69 Å². The third-order valence-corrected chi connectivity index (χ3v) is 2.84. The molecule has 0 fully saturated rings. The average Bonchev–Trinajstić information content (AvgIpc) is 2.32. The minimum Gasteiger partial charge on any atom is -0.391 e. The molecule has 6 heteroatoms. The number of aliphatic hydroxyl groups excluding tert-OH is 1. The quantitative estimate of drug-likeness (QED) is 0.889. The van der Waals surface area contributed by atoms with Gasteiger partial charge in [-0.05, 0) is 30.0 Å². The minimum atomic E-state index is -4.55. The van der Waals surface area contributed by atoms with Crippen LogP contribution in [0.25, 0.3) is 0 Å². The Balaban J connectivity index is 2.77. The predicted molar refractivity (Wildman–Crippen MR) is 74.7 cm³/mol. The number of nitrogens with zero attached hydrogens (tertiary/aromatic N) is 1. The second-order valence-electron chi connectivity index (χ2n) is 6.17. The fourth-order valence-corrected chi connectivity index (χ4v) is 2.01. The Hall–Kier alpha value is -1.74. The molecule has 1 rings (SSSR count). The van der Waals surface area contributed by atoms with E-state index in [9.17, 15) is 18.3 Å². The Labute approximate surface area is 122 Å². The first-order chi connectivity index (χ1) is 9.53. The number of hydrogen-bond donors (Lipinski definition) is 2. The number of nitrogens with one attached hydrogen (secondary N) is 1. The normalized spacial score (nSPS) is 13.6. The lowest BCUT2D eigenvalue weighted by Crippen LogP contribution is -2.25. The number of rotatable bonds is 4. The second kappa shape index (κ2) is 6.35. The van der Waals surface area contributed by atoms with Crippen LogP contribution in [-0.4, -0.2) is 17.8 Å². The van der Waals surface area contributed by atoms with E-state index in [-0.39, 0.29) is 12.0 Å². The van der Waals surface area contributed by atoms with Crippen LogP contribution in [0, 0.1) is 16.7 Å². The van der Waals surface area contributed by atoms with Crippen molar-refractivity contribution in [3.05, 3.63) is 29.3 Å². The molecule has 0 amide bonds. The molecular formula is C15H19F3N2O. The first-order valence-corrected chi connectivity index (χ1v) is 6.56. The molecule has 0 aliphatic rings. The van der Waals surface area contributed by atoms with E-state index in [1.807, 2.05) is 20.8 Å². The number of aliphatic hydroxyl groups is 1. The van der Waals surface area contributed by atoms with Crippen molar-refractivity contribution in [1.82, 2.24) is 0 Å². The molecule has 2 N–H and O–H groups in total. The van der Waals surface area contributed by atoms with Crippen LogP contribution in [0.3, 0.4) is 0 Å². The molecule has 0 saturated carbocycles. The zero-order chi connectivity index (χ0) is 16.3. The van der Waals surface area contributed by atoms with E-state index in [1.54, 1.807) is 6.07 Å². The van der Waals surface area contributed by atoms with Gasteiger partial charge >= 0.3 is 6.18 Å². The SMILES string of the molecule is CC(C)(C)CC(O)CNc1ccc(C(F)(F)F)c(C#N)c1. The van der Waals surface area contributed by atoms with Gasteiger partial charge in [0.25, 0.3) is 0 Å². The maximum absolute atomic E-state index is 12.7. The fraction of sp³-hybridized carbons (Fsp3) is 0.533. The van der Waals surface area contributed by atoms with Crippen LogP contribution in [0.4, 0.5) is 18.9 Å². The van der Waals surface area contributed by atoms with Crippen molar-refractivity contribution in [2.45, 2.75) is 39.5 Å². The highest BCUT2D eigenvalue weighted by Crippen LogP contribution is 2.33. The van der Waals surface area contributed by atoms with E-state index in [2.05, 4.69) is 5.32 Å². The lowest BCUT2D eigenvalue weighted by atomic mass is 9.89. The number of halogens is 3. The Bertz CT molecular complexity index is 527. The molecule has 116 valence electrons. The van der Waals surface area contributed by atoms with Gasteiger partial charge in [-0.15, -0.1) is 0 Å². The van der Waals surface area contributed by atoms with Crippen LogP contribution < -0.4 is 5.32 Å². The number of nitriles is 1. The number of hydrogen-bond acceptors (Lipinski definition) is 3. The summed E-state index contributed by atoms with van der Waals surface area (Å²) in [5.74, 6) is 0. The van der Waals surface area contributed by atoms with Gasteiger partial charge in [0.05, 0.1) is 23.3 Å². The van der Waals surface area contributed by atoms with Gasteiger partial charge in [-0.3, -0.25) is 0 Å². The van der Waals surface area contributed by atoms with Crippen molar-refractivity contribution in [3.8, 4) is 6.07 Å². The molecule has 0 saturated heterocycles. The van der Waals surface area contributed by atoms with Crippen LogP contribution >= 0.6 is 0 Å². The van der Waals surface area contributed by atoms with Crippen LogP contribution in [-0.2, 0) is 6.18 Å². The highest BCUT2D eigenvalue weighted by atomic mass is 19.4. The van der Waals surface area contributed by atoms with Gasteiger partial charge < -0.3 is 10.4 Å². The standard InChI is InChI=1S/C15H19F3N2O/c1-14(2,3)7-12(21)9-20-11-4-5-13(15(16,17)18)10(6-11)8-19/h4-6,12,20-21H,7,9H2,1-3H3. The minimum absolute atomic E-state index is 0.0426. The zero-order valence-electron chi connectivity index (χ0n) is 12.3. The molecule has 1 atom stereocenters. The average molecular weight is 300 g/mol. The maximum Gasteiger partial charge on any atom is 0.417 e. The molecule has 3 nitrogen and oxygen atoms in total. The molecule has 0 aromatic heterocycles. The maximum atomic E-state index is 12.7. The van der Waals surface area contributed by atoms with Gasteiger partial charge in [-0.25, -0.2) is 0 Å². The summed E-state index contributed by atoms with van der Waals surface area (Å²) in [6.07, 6.45) is -4.60. The summed E-state index contributed by atoms with van der Waals surface area (Å²) < 4.78 is 38.0. The molecule has 0 aliphatic heterocycles. The number of anilines is 1. The first kappa shape index (κ1) is 17.3. The lowest BCUT2D eigenvalue weighted by Gasteiger charge is -2.23. The molecule has 1 aromatic rings. The van der Waals surface area contributed by atoms with E-state index in [0.29, 0.717) is 12.1 Å². The van der Waals surface area contributed by atoms with E-state index in [0.717, 1.165) is 12.1 Å². The Morgan fingerprint density at radius 2 is 1.90 bits per heavy atom. The van der Waals surface area contributed by atoms with E-state index in [1.165, 1.54) is 6.07 Å². The van der Waals surface area contributed by atoms with E-state index >= 15 is 0 Å². The molecule has 1 unspecified atom stereocenters. The topological polar surface area (TPSA) is 56.0 Å². The lowest BCUT2D eigenvalue weighted by molar-refractivity contribution is -0.137. The van der Waals surface area contributed by atoms with Gasteiger partial charge in [0.15, 0.2) is 0 Å². The smallest absolute Gasteiger partial charge is 0.391 e. The van der Waals surface area contributed by atoms with Crippen LogP contribution in [0.15, 0.2) is 18.2 Å². The van der Waals surface area contributed by atoms with Crippen LogP contribution in [0.1, 0.15) is 38.3 Å². The zero-order valence-corrected chi connectivity index (χ0v) is 12.3. The summed E-state index contributed by atoms with van der Waals surface area (Å²) in [4.78, 5) is 0. The van der Waals surface area contributed by atoms with E-state index in [4.69, 9.17) is 5.26 Å². The summed E-state index contributed by atoms with van der Waals surface area (Å²) >= 11 is 0. The molecule has 1 aromatic carbocycles. The molecule has 0 radical (unpaired) electrons. The highest BCUT2D eigenvalue weighted by Gasteiger charge is 2.33. The Morgan fingerprint density at radius 1 is 1.29 bits per heavy atom. The van der Waals surface area contributed by atoms with Crippen LogP contribution in [0.5, 0.6) is 0 Å². The molecular weight excluding hydrogens is 281 g/mol. The van der Waals surface area contributed by atoms with Crippen molar-refractivity contribution in [3.63, 3.8) is 0 Å². The monoisotopic (exact) mass is 300 g/mol.